The van der Waals surface area contributed by atoms with Crippen molar-refractivity contribution in [1.29, 1.82) is 0 Å². The van der Waals surface area contributed by atoms with Gasteiger partial charge in [-0.3, -0.25) is 4.79 Å². The number of rotatable bonds is 5. The van der Waals surface area contributed by atoms with Crippen LogP contribution >= 0.6 is 0 Å². The van der Waals surface area contributed by atoms with Gasteiger partial charge in [0.2, 0.25) is 5.91 Å². The largest absolute Gasteiger partial charge is 0.339 e. The van der Waals surface area contributed by atoms with E-state index in [0.29, 0.717) is 13.0 Å². The Balaban J connectivity index is 2.00. The minimum Gasteiger partial charge on any atom is -0.339 e. The second-order valence-corrected chi connectivity index (χ2v) is 6.43. The van der Waals surface area contributed by atoms with Crippen molar-refractivity contribution < 1.29 is 4.79 Å². The standard InChI is InChI=1S/C18H28N2O/c1-3-20(14-16-10-6-5-9-15(16)2)17(21)13-18(19)11-7-4-8-12-18/h5-6,9-10H,3-4,7-8,11-14,19H2,1-2H3. The molecular weight excluding hydrogens is 260 g/mol. The first-order valence-electron chi connectivity index (χ1n) is 8.15. The molecule has 0 bridgehead atoms. The molecule has 1 aromatic rings. The van der Waals surface area contributed by atoms with Gasteiger partial charge in [0.15, 0.2) is 0 Å². The van der Waals surface area contributed by atoms with E-state index >= 15 is 0 Å². The number of hydrogen-bond acceptors (Lipinski definition) is 2. The van der Waals surface area contributed by atoms with E-state index in [4.69, 9.17) is 5.73 Å². The molecule has 0 heterocycles. The lowest BCUT2D eigenvalue weighted by molar-refractivity contribution is -0.133. The van der Waals surface area contributed by atoms with Crippen LogP contribution in [0.15, 0.2) is 24.3 Å². The van der Waals surface area contributed by atoms with Crippen LogP contribution in [-0.4, -0.2) is 22.9 Å². The molecule has 21 heavy (non-hydrogen) atoms. The van der Waals surface area contributed by atoms with E-state index in [1.165, 1.54) is 17.5 Å². The highest BCUT2D eigenvalue weighted by atomic mass is 16.2. The van der Waals surface area contributed by atoms with Gasteiger partial charge in [0.05, 0.1) is 0 Å². The molecule has 1 aliphatic rings. The van der Waals surface area contributed by atoms with E-state index < -0.39 is 0 Å². The molecule has 2 rings (SSSR count). The average molecular weight is 288 g/mol. The fourth-order valence-electron chi connectivity index (χ4n) is 3.22. The molecule has 0 aliphatic heterocycles. The van der Waals surface area contributed by atoms with Gasteiger partial charge in [0.25, 0.3) is 0 Å². The third-order valence-corrected chi connectivity index (χ3v) is 4.71. The lowest BCUT2D eigenvalue weighted by Gasteiger charge is -2.34. The Morgan fingerprint density at radius 1 is 1.24 bits per heavy atom. The SMILES string of the molecule is CCN(Cc1ccccc1C)C(=O)CC1(N)CCCCC1. The zero-order valence-electron chi connectivity index (χ0n) is 13.4. The zero-order chi connectivity index (χ0) is 15.3. The van der Waals surface area contributed by atoms with Crippen molar-refractivity contribution >= 4 is 5.91 Å². The Bertz CT molecular complexity index is 478. The molecule has 0 spiro atoms. The maximum absolute atomic E-state index is 12.6. The molecule has 0 radical (unpaired) electrons. The molecule has 0 unspecified atom stereocenters. The molecule has 3 nitrogen and oxygen atoms in total. The minimum absolute atomic E-state index is 0.199. The molecule has 0 saturated heterocycles. The summed E-state index contributed by atoms with van der Waals surface area (Å²) in [5.74, 6) is 0.199. The monoisotopic (exact) mass is 288 g/mol. The van der Waals surface area contributed by atoms with Gasteiger partial charge in [0.1, 0.15) is 0 Å². The summed E-state index contributed by atoms with van der Waals surface area (Å²) >= 11 is 0. The molecule has 1 aromatic carbocycles. The average Bonchev–Trinajstić information content (AvgIpc) is 2.46. The van der Waals surface area contributed by atoms with Gasteiger partial charge in [-0.05, 0) is 37.8 Å². The summed E-state index contributed by atoms with van der Waals surface area (Å²) in [6.45, 7) is 5.57. The number of aryl methyl sites for hydroxylation is 1. The summed E-state index contributed by atoms with van der Waals surface area (Å²) in [5, 5.41) is 0. The lowest BCUT2D eigenvalue weighted by Crippen LogP contribution is -2.46. The molecule has 0 atom stereocenters. The first-order valence-corrected chi connectivity index (χ1v) is 8.15. The Labute approximate surface area is 128 Å². The first kappa shape index (κ1) is 16.0. The molecule has 0 aromatic heterocycles. The Morgan fingerprint density at radius 3 is 2.52 bits per heavy atom. The van der Waals surface area contributed by atoms with E-state index in [1.54, 1.807) is 0 Å². The number of nitrogens with two attached hydrogens (primary N) is 1. The summed E-state index contributed by atoms with van der Waals surface area (Å²) in [7, 11) is 0. The third-order valence-electron chi connectivity index (χ3n) is 4.71. The number of nitrogens with zero attached hydrogens (tertiary/aromatic N) is 1. The summed E-state index contributed by atoms with van der Waals surface area (Å²) in [6.07, 6.45) is 6.04. The van der Waals surface area contributed by atoms with Crippen molar-refractivity contribution in [2.24, 2.45) is 5.73 Å². The summed E-state index contributed by atoms with van der Waals surface area (Å²) in [6, 6.07) is 8.27. The molecule has 2 N–H and O–H groups in total. The Hall–Kier alpha value is -1.35. The van der Waals surface area contributed by atoms with Crippen LogP contribution in [0, 0.1) is 6.92 Å². The van der Waals surface area contributed by atoms with Crippen molar-refractivity contribution in [2.45, 2.75) is 64.5 Å². The Morgan fingerprint density at radius 2 is 1.90 bits per heavy atom. The second kappa shape index (κ2) is 7.08. The van der Waals surface area contributed by atoms with E-state index in [0.717, 1.165) is 32.2 Å². The van der Waals surface area contributed by atoms with E-state index in [1.807, 2.05) is 24.0 Å². The topological polar surface area (TPSA) is 46.3 Å². The highest BCUT2D eigenvalue weighted by molar-refractivity contribution is 5.77. The van der Waals surface area contributed by atoms with Crippen LogP contribution in [0.1, 0.15) is 56.6 Å². The van der Waals surface area contributed by atoms with Crippen molar-refractivity contribution in [1.82, 2.24) is 4.90 Å². The van der Waals surface area contributed by atoms with Gasteiger partial charge in [-0.2, -0.15) is 0 Å². The van der Waals surface area contributed by atoms with E-state index in [9.17, 15) is 4.79 Å². The van der Waals surface area contributed by atoms with Crippen molar-refractivity contribution in [3.05, 3.63) is 35.4 Å². The summed E-state index contributed by atoms with van der Waals surface area (Å²) < 4.78 is 0. The van der Waals surface area contributed by atoms with Crippen molar-refractivity contribution in [3.8, 4) is 0 Å². The summed E-state index contributed by atoms with van der Waals surface area (Å²) in [5.41, 5.74) is 8.62. The van der Waals surface area contributed by atoms with E-state index in [-0.39, 0.29) is 11.4 Å². The normalized spacial score (nSPS) is 17.5. The van der Waals surface area contributed by atoms with Gasteiger partial charge in [-0.25, -0.2) is 0 Å². The third kappa shape index (κ3) is 4.31. The molecular formula is C18H28N2O. The molecule has 1 amide bonds. The summed E-state index contributed by atoms with van der Waals surface area (Å²) in [4.78, 5) is 14.5. The quantitative estimate of drug-likeness (QED) is 0.902. The Kier molecular flexibility index (Phi) is 5.40. The fraction of sp³-hybridized carbons (Fsp3) is 0.611. The predicted molar refractivity (Wildman–Crippen MR) is 86.9 cm³/mol. The maximum atomic E-state index is 12.6. The molecule has 1 fully saturated rings. The molecule has 1 saturated carbocycles. The highest BCUT2D eigenvalue weighted by Gasteiger charge is 2.31. The van der Waals surface area contributed by atoms with Crippen LogP contribution in [0.3, 0.4) is 0 Å². The number of amides is 1. The lowest BCUT2D eigenvalue weighted by atomic mass is 9.80. The number of carbonyl (C=O) groups excluding carboxylic acids is 1. The van der Waals surface area contributed by atoms with Crippen molar-refractivity contribution in [3.63, 3.8) is 0 Å². The fourth-order valence-corrected chi connectivity index (χ4v) is 3.22. The minimum atomic E-state index is -0.269. The predicted octanol–water partition coefficient (Wildman–Crippen LogP) is 3.40. The number of carbonyl (C=O) groups is 1. The van der Waals surface area contributed by atoms with Crippen LogP contribution in [0.25, 0.3) is 0 Å². The first-order chi connectivity index (χ1) is 10.0. The second-order valence-electron chi connectivity index (χ2n) is 6.43. The van der Waals surface area contributed by atoms with Gasteiger partial charge < -0.3 is 10.6 Å². The van der Waals surface area contributed by atoms with Gasteiger partial charge in [-0.15, -0.1) is 0 Å². The number of benzene rings is 1. The van der Waals surface area contributed by atoms with Gasteiger partial charge >= 0.3 is 0 Å². The van der Waals surface area contributed by atoms with Crippen LogP contribution in [-0.2, 0) is 11.3 Å². The van der Waals surface area contributed by atoms with Crippen molar-refractivity contribution in [2.75, 3.05) is 6.54 Å². The van der Waals surface area contributed by atoms with Gasteiger partial charge in [0, 0.05) is 25.0 Å². The van der Waals surface area contributed by atoms with E-state index in [2.05, 4.69) is 19.1 Å². The molecule has 1 aliphatic carbocycles. The van der Waals surface area contributed by atoms with Gasteiger partial charge in [-0.1, -0.05) is 43.5 Å². The zero-order valence-corrected chi connectivity index (χ0v) is 13.4. The maximum Gasteiger partial charge on any atom is 0.224 e. The number of hydrogen-bond donors (Lipinski definition) is 1. The van der Waals surface area contributed by atoms with Crippen LogP contribution in [0.2, 0.25) is 0 Å². The van der Waals surface area contributed by atoms with Crippen LogP contribution in [0.4, 0.5) is 0 Å². The molecule has 116 valence electrons. The highest BCUT2D eigenvalue weighted by Crippen LogP contribution is 2.29. The smallest absolute Gasteiger partial charge is 0.224 e. The van der Waals surface area contributed by atoms with Crippen LogP contribution < -0.4 is 5.73 Å². The molecule has 3 heteroatoms. The van der Waals surface area contributed by atoms with Crippen LogP contribution in [0.5, 0.6) is 0 Å².